The standard InChI is InChI=1S/C21H26N4O2.ClH/c1-14-8-17(12-24(2)21(14)27)20-23-18-9-15(13-26)5-6-19(18)25(20)11-16-4-3-7-22-10-16;/h5-6,8-9,12,16,22,26H,3-4,7,10-11,13H2,1-2H3;1H/t16-;/m0./s1. The van der Waals surface area contributed by atoms with E-state index in [2.05, 4.69) is 9.88 Å². The Kier molecular flexibility index (Phi) is 6.23. The number of hydrogen-bond acceptors (Lipinski definition) is 4. The Labute approximate surface area is 170 Å². The summed E-state index contributed by atoms with van der Waals surface area (Å²) in [6.45, 7) is 4.84. The molecular formula is C21H27ClN4O2. The van der Waals surface area contributed by atoms with Crippen LogP contribution in [0.5, 0.6) is 0 Å². The van der Waals surface area contributed by atoms with Crippen molar-refractivity contribution in [2.45, 2.75) is 32.9 Å². The van der Waals surface area contributed by atoms with Crippen molar-refractivity contribution in [2.24, 2.45) is 13.0 Å². The summed E-state index contributed by atoms with van der Waals surface area (Å²) in [5.74, 6) is 1.44. The van der Waals surface area contributed by atoms with Crippen LogP contribution in [0.2, 0.25) is 0 Å². The molecule has 6 nitrogen and oxygen atoms in total. The quantitative estimate of drug-likeness (QED) is 0.703. The first-order chi connectivity index (χ1) is 13.1. The highest BCUT2D eigenvalue weighted by Gasteiger charge is 2.20. The average Bonchev–Trinajstić information content (AvgIpc) is 3.04. The number of fused-ring (bicyclic) bond motifs is 1. The van der Waals surface area contributed by atoms with Gasteiger partial charge in [0.05, 0.1) is 17.6 Å². The number of rotatable bonds is 4. The van der Waals surface area contributed by atoms with Gasteiger partial charge >= 0.3 is 0 Å². The highest BCUT2D eigenvalue weighted by molar-refractivity contribution is 5.85. The molecule has 1 aromatic carbocycles. The number of aliphatic hydroxyl groups is 1. The number of benzene rings is 1. The molecule has 7 heteroatoms. The molecule has 4 rings (SSSR count). The van der Waals surface area contributed by atoms with Gasteiger partial charge in [-0.05, 0) is 62.5 Å². The Balaban J connectivity index is 0.00000225. The van der Waals surface area contributed by atoms with Gasteiger partial charge in [0.15, 0.2) is 0 Å². The van der Waals surface area contributed by atoms with Gasteiger partial charge in [0.1, 0.15) is 5.82 Å². The lowest BCUT2D eigenvalue weighted by atomic mass is 9.99. The Morgan fingerprint density at radius 1 is 1.32 bits per heavy atom. The van der Waals surface area contributed by atoms with Crippen molar-refractivity contribution in [3.63, 3.8) is 0 Å². The molecule has 1 fully saturated rings. The van der Waals surface area contributed by atoms with Gasteiger partial charge in [0.2, 0.25) is 0 Å². The van der Waals surface area contributed by atoms with Crippen molar-refractivity contribution in [1.29, 1.82) is 0 Å². The number of pyridine rings is 1. The third kappa shape index (κ3) is 3.85. The van der Waals surface area contributed by atoms with Crippen LogP contribution in [-0.4, -0.2) is 32.3 Å². The van der Waals surface area contributed by atoms with Gasteiger partial charge in [0, 0.05) is 30.9 Å². The SMILES string of the molecule is Cc1cc(-c2nc3cc(CO)ccc3n2C[C@H]2CCCNC2)cn(C)c1=O.Cl. The van der Waals surface area contributed by atoms with Crippen LogP contribution in [0.4, 0.5) is 0 Å². The van der Waals surface area contributed by atoms with E-state index in [1.165, 1.54) is 12.8 Å². The molecule has 0 spiro atoms. The first-order valence-electron chi connectivity index (χ1n) is 9.55. The van der Waals surface area contributed by atoms with Gasteiger partial charge < -0.3 is 19.6 Å². The normalized spacial score (nSPS) is 16.9. The third-order valence-electron chi connectivity index (χ3n) is 5.46. The van der Waals surface area contributed by atoms with E-state index in [1.807, 2.05) is 37.4 Å². The molecule has 3 heterocycles. The number of aryl methyl sites for hydroxylation is 2. The number of imidazole rings is 1. The summed E-state index contributed by atoms with van der Waals surface area (Å²) in [6.07, 6.45) is 4.26. The molecule has 0 bridgehead atoms. The maximum absolute atomic E-state index is 12.1. The fraction of sp³-hybridized carbons (Fsp3) is 0.429. The molecule has 0 amide bonds. The van der Waals surface area contributed by atoms with Crippen LogP contribution in [0.15, 0.2) is 35.3 Å². The molecule has 28 heavy (non-hydrogen) atoms. The zero-order chi connectivity index (χ0) is 19.0. The minimum Gasteiger partial charge on any atom is -0.392 e. The Hall–Kier alpha value is -2.15. The number of nitrogens with one attached hydrogen (secondary N) is 1. The summed E-state index contributed by atoms with van der Waals surface area (Å²) >= 11 is 0. The van der Waals surface area contributed by atoms with E-state index in [-0.39, 0.29) is 24.6 Å². The van der Waals surface area contributed by atoms with E-state index in [1.54, 1.807) is 11.6 Å². The lowest BCUT2D eigenvalue weighted by Crippen LogP contribution is -2.32. The monoisotopic (exact) mass is 402 g/mol. The van der Waals surface area contributed by atoms with Crippen LogP contribution >= 0.6 is 12.4 Å². The number of halogens is 1. The van der Waals surface area contributed by atoms with Crippen molar-refractivity contribution in [3.8, 4) is 11.4 Å². The van der Waals surface area contributed by atoms with Crippen LogP contribution < -0.4 is 10.9 Å². The van der Waals surface area contributed by atoms with E-state index in [4.69, 9.17) is 4.98 Å². The van der Waals surface area contributed by atoms with E-state index in [0.717, 1.165) is 47.6 Å². The highest BCUT2D eigenvalue weighted by Crippen LogP contribution is 2.28. The minimum atomic E-state index is 0. The van der Waals surface area contributed by atoms with E-state index >= 15 is 0 Å². The maximum Gasteiger partial charge on any atom is 0.253 e. The number of aliphatic hydroxyl groups excluding tert-OH is 1. The zero-order valence-electron chi connectivity index (χ0n) is 16.3. The van der Waals surface area contributed by atoms with Crippen molar-refractivity contribution in [1.82, 2.24) is 19.4 Å². The van der Waals surface area contributed by atoms with Crippen LogP contribution in [0.25, 0.3) is 22.4 Å². The molecule has 2 aromatic heterocycles. The lowest BCUT2D eigenvalue weighted by molar-refractivity contribution is 0.282. The van der Waals surface area contributed by atoms with Crippen LogP contribution in [0, 0.1) is 12.8 Å². The number of hydrogen-bond donors (Lipinski definition) is 2. The first-order valence-corrected chi connectivity index (χ1v) is 9.55. The summed E-state index contributed by atoms with van der Waals surface area (Å²) in [5.41, 5.74) is 4.48. The van der Waals surface area contributed by atoms with Crippen LogP contribution in [0.1, 0.15) is 24.0 Å². The second-order valence-electron chi connectivity index (χ2n) is 7.57. The fourth-order valence-corrected chi connectivity index (χ4v) is 4.02. The summed E-state index contributed by atoms with van der Waals surface area (Å²) in [6, 6.07) is 7.87. The fourth-order valence-electron chi connectivity index (χ4n) is 4.02. The molecule has 1 atom stereocenters. The molecule has 0 unspecified atom stereocenters. The lowest BCUT2D eigenvalue weighted by Gasteiger charge is -2.24. The van der Waals surface area contributed by atoms with Gasteiger partial charge in [-0.25, -0.2) is 4.98 Å². The molecule has 0 saturated carbocycles. The van der Waals surface area contributed by atoms with Gasteiger partial charge in [-0.2, -0.15) is 0 Å². The molecule has 1 saturated heterocycles. The number of piperidine rings is 1. The Morgan fingerprint density at radius 2 is 2.14 bits per heavy atom. The molecule has 1 aliphatic heterocycles. The summed E-state index contributed by atoms with van der Waals surface area (Å²) in [4.78, 5) is 17.0. The second kappa shape index (κ2) is 8.47. The van der Waals surface area contributed by atoms with E-state index in [9.17, 15) is 9.90 Å². The van der Waals surface area contributed by atoms with Crippen molar-refractivity contribution >= 4 is 23.4 Å². The minimum absolute atomic E-state index is 0. The average molecular weight is 403 g/mol. The van der Waals surface area contributed by atoms with E-state index < -0.39 is 0 Å². The summed E-state index contributed by atoms with van der Waals surface area (Å²) in [5, 5.41) is 13.0. The van der Waals surface area contributed by atoms with Crippen LogP contribution in [-0.2, 0) is 20.2 Å². The number of nitrogens with zero attached hydrogens (tertiary/aromatic N) is 3. The zero-order valence-corrected chi connectivity index (χ0v) is 17.1. The Morgan fingerprint density at radius 3 is 2.82 bits per heavy atom. The smallest absolute Gasteiger partial charge is 0.253 e. The third-order valence-corrected chi connectivity index (χ3v) is 5.46. The van der Waals surface area contributed by atoms with Gasteiger partial charge in [0.25, 0.3) is 5.56 Å². The molecule has 0 aliphatic carbocycles. The van der Waals surface area contributed by atoms with Gasteiger partial charge in [-0.1, -0.05) is 6.07 Å². The summed E-state index contributed by atoms with van der Waals surface area (Å²) < 4.78 is 3.89. The van der Waals surface area contributed by atoms with Crippen LogP contribution in [0.3, 0.4) is 0 Å². The summed E-state index contributed by atoms with van der Waals surface area (Å²) in [7, 11) is 1.78. The molecule has 1 aliphatic rings. The predicted molar refractivity (Wildman–Crippen MR) is 114 cm³/mol. The molecule has 0 radical (unpaired) electrons. The Bertz CT molecular complexity index is 1010. The predicted octanol–water partition coefficient (Wildman–Crippen LogP) is 2.62. The van der Waals surface area contributed by atoms with E-state index in [0.29, 0.717) is 11.5 Å². The maximum atomic E-state index is 12.1. The number of aromatic nitrogens is 3. The molecule has 150 valence electrons. The molecular weight excluding hydrogens is 376 g/mol. The largest absolute Gasteiger partial charge is 0.392 e. The first kappa shape index (κ1) is 20.6. The van der Waals surface area contributed by atoms with Gasteiger partial charge in [-0.15, -0.1) is 12.4 Å². The van der Waals surface area contributed by atoms with Gasteiger partial charge in [-0.3, -0.25) is 4.79 Å². The van der Waals surface area contributed by atoms with Crippen molar-refractivity contribution < 1.29 is 5.11 Å². The molecule has 2 N–H and O–H groups in total. The van der Waals surface area contributed by atoms with Crippen molar-refractivity contribution in [3.05, 3.63) is 51.9 Å². The van der Waals surface area contributed by atoms with Crippen molar-refractivity contribution in [2.75, 3.05) is 13.1 Å². The topological polar surface area (TPSA) is 72.1 Å². The molecule has 3 aromatic rings. The highest BCUT2D eigenvalue weighted by atomic mass is 35.5. The second-order valence-corrected chi connectivity index (χ2v) is 7.57.